The normalized spacial score (nSPS) is 10.6. The summed E-state index contributed by atoms with van der Waals surface area (Å²) in [5.74, 6) is 0.846. The van der Waals surface area contributed by atoms with Gasteiger partial charge in [0.2, 0.25) is 0 Å². The molecule has 0 fully saturated rings. The lowest BCUT2D eigenvalue weighted by Crippen LogP contribution is -1.91. The van der Waals surface area contributed by atoms with Crippen LogP contribution in [0.3, 0.4) is 0 Å². The molecule has 0 aliphatic carbocycles. The maximum absolute atomic E-state index is 5.10. The molecule has 0 saturated carbocycles. The number of rotatable bonds is 4. The predicted octanol–water partition coefficient (Wildman–Crippen LogP) is 3.45. The van der Waals surface area contributed by atoms with Crippen LogP contribution in [0.25, 0.3) is 0 Å². The number of nitrogens with zero attached hydrogens (tertiary/aromatic N) is 1. The van der Waals surface area contributed by atoms with E-state index in [0.717, 1.165) is 17.0 Å². The molecule has 0 radical (unpaired) electrons. The van der Waals surface area contributed by atoms with Gasteiger partial charge in [0.25, 0.3) is 0 Å². The molecule has 0 aliphatic heterocycles. The molecule has 92 valence electrons. The van der Waals surface area contributed by atoms with E-state index in [9.17, 15) is 0 Å². The van der Waals surface area contributed by atoms with Gasteiger partial charge in [-0.15, -0.1) is 0 Å². The van der Waals surface area contributed by atoms with E-state index in [2.05, 4.69) is 23.5 Å². The third kappa shape index (κ3) is 3.35. The number of hydrogen-bond acceptors (Lipinski definition) is 3. The molecule has 0 unspecified atom stereocenters. The maximum atomic E-state index is 5.10. The van der Waals surface area contributed by atoms with Gasteiger partial charge in [-0.3, -0.25) is 5.43 Å². The van der Waals surface area contributed by atoms with Crippen LogP contribution in [0.2, 0.25) is 0 Å². The summed E-state index contributed by atoms with van der Waals surface area (Å²) in [7, 11) is 1.66. The van der Waals surface area contributed by atoms with E-state index < -0.39 is 0 Å². The molecule has 0 bridgehead atoms. The first-order valence-electron chi connectivity index (χ1n) is 5.78. The maximum Gasteiger partial charge on any atom is 0.118 e. The number of ether oxygens (including phenoxy) is 1. The fourth-order valence-corrected chi connectivity index (χ4v) is 1.59. The lowest BCUT2D eigenvalue weighted by Gasteiger charge is -2.01. The molecule has 0 spiro atoms. The van der Waals surface area contributed by atoms with E-state index in [-0.39, 0.29) is 0 Å². The topological polar surface area (TPSA) is 33.6 Å². The van der Waals surface area contributed by atoms with E-state index in [1.807, 2.05) is 42.5 Å². The van der Waals surface area contributed by atoms with Crippen LogP contribution in [0.5, 0.6) is 5.75 Å². The molecule has 1 N–H and O–H groups in total. The van der Waals surface area contributed by atoms with Crippen LogP contribution in [-0.2, 0) is 0 Å². The van der Waals surface area contributed by atoms with Crippen LogP contribution in [0.4, 0.5) is 5.69 Å². The summed E-state index contributed by atoms with van der Waals surface area (Å²) in [6, 6.07) is 15.8. The summed E-state index contributed by atoms with van der Waals surface area (Å²) in [6.07, 6.45) is 1.78. The van der Waals surface area contributed by atoms with Crippen molar-refractivity contribution < 1.29 is 4.74 Å². The lowest BCUT2D eigenvalue weighted by molar-refractivity contribution is 0.415. The molecule has 2 rings (SSSR count). The minimum Gasteiger partial charge on any atom is -0.497 e. The van der Waals surface area contributed by atoms with Gasteiger partial charge in [-0.1, -0.05) is 12.1 Å². The Kier molecular flexibility index (Phi) is 3.97. The minimum atomic E-state index is 0.846. The number of aryl methyl sites for hydroxylation is 1. The average Bonchev–Trinajstić information content (AvgIpc) is 2.40. The predicted molar refractivity (Wildman–Crippen MR) is 75.4 cm³/mol. The highest BCUT2D eigenvalue weighted by Gasteiger charge is 1.91. The van der Waals surface area contributed by atoms with Crippen molar-refractivity contribution >= 4 is 11.9 Å². The second-order valence-corrected chi connectivity index (χ2v) is 4.01. The van der Waals surface area contributed by atoms with Gasteiger partial charge in [-0.05, 0) is 54.4 Å². The SMILES string of the molecule is COc1ccc(C=NNc2cccc(C)c2)cc1. The number of methoxy groups -OCH3 is 1. The Morgan fingerprint density at radius 2 is 1.89 bits per heavy atom. The fourth-order valence-electron chi connectivity index (χ4n) is 1.59. The van der Waals surface area contributed by atoms with Gasteiger partial charge in [0.15, 0.2) is 0 Å². The zero-order valence-electron chi connectivity index (χ0n) is 10.6. The fraction of sp³-hybridized carbons (Fsp3) is 0.133. The molecular formula is C15H16N2O. The van der Waals surface area contributed by atoms with Crippen LogP contribution in [0.15, 0.2) is 53.6 Å². The van der Waals surface area contributed by atoms with Gasteiger partial charge >= 0.3 is 0 Å². The van der Waals surface area contributed by atoms with Crippen molar-refractivity contribution in [2.45, 2.75) is 6.92 Å². The molecule has 2 aromatic carbocycles. The number of hydrogen-bond donors (Lipinski definition) is 1. The summed E-state index contributed by atoms with van der Waals surface area (Å²) in [6.45, 7) is 2.05. The molecule has 0 heterocycles. The summed E-state index contributed by atoms with van der Waals surface area (Å²) < 4.78 is 5.10. The van der Waals surface area contributed by atoms with E-state index in [0.29, 0.717) is 0 Å². The van der Waals surface area contributed by atoms with Gasteiger partial charge in [-0.2, -0.15) is 5.10 Å². The Morgan fingerprint density at radius 1 is 1.11 bits per heavy atom. The van der Waals surface area contributed by atoms with Crippen LogP contribution >= 0.6 is 0 Å². The highest BCUT2D eigenvalue weighted by Crippen LogP contribution is 2.11. The molecule has 0 saturated heterocycles. The van der Waals surface area contributed by atoms with E-state index in [4.69, 9.17) is 4.74 Å². The second-order valence-electron chi connectivity index (χ2n) is 4.01. The zero-order chi connectivity index (χ0) is 12.8. The second kappa shape index (κ2) is 5.87. The first-order valence-corrected chi connectivity index (χ1v) is 5.78. The molecule has 0 atom stereocenters. The van der Waals surface area contributed by atoms with Crippen molar-refractivity contribution in [2.24, 2.45) is 5.10 Å². The first kappa shape index (κ1) is 12.2. The molecule has 0 amide bonds. The van der Waals surface area contributed by atoms with Crippen LogP contribution in [-0.4, -0.2) is 13.3 Å². The van der Waals surface area contributed by atoms with Crippen molar-refractivity contribution in [3.8, 4) is 5.75 Å². The van der Waals surface area contributed by atoms with Gasteiger partial charge in [-0.25, -0.2) is 0 Å². The summed E-state index contributed by atoms with van der Waals surface area (Å²) >= 11 is 0. The van der Waals surface area contributed by atoms with Crippen molar-refractivity contribution in [3.63, 3.8) is 0 Å². The third-order valence-corrected chi connectivity index (χ3v) is 2.54. The Balaban J connectivity index is 1.98. The average molecular weight is 240 g/mol. The van der Waals surface area contributed by atoms with Crippen molar-refractivity contribution in [3.05, 3.63) is 59.7 Å². The Morgan fingerprint density at radius 3 is 2.56 bits per heavy atom. The van der Waals surface area contributed by atoms with Crippen molar-refractivity contribution in [1.82, 2.24) is 0 Å². The summed E-state index contributed by atoms with van der Waals surface area (Å²) in [5, 5.41) is 4.19. The van der Waals surface area contributed by atoms with E-state index in [1.165, 1.54) is 5.56 Å². The summed E-state index contributed by atoms with van der Waals surface area (Å²) in [4.78, 5) is 0. The van der Waals surface area contributed by atoms with Crippen molar-refractivity contribution in [2.75, 3.05) is 12.5 Å². The highest BCUT2D eigenvalue weighted by atomic mass is 16.5. The minimum absolute atomic E-state index is 0.846. The van der Waals surface area contributed by atoms with E-state index in [1.54, 1.807) is 13.3 Å². The first-order chi connectivity index (χ1) is 8.78. The van der Waals surface area contributed by atoms with Crippen LogP contribution in [0.1, 0.15) is 11.1 Å². The zero-order valence-corrected chi connectivity index (χ0v) is 10.6. The molecule has 0 aromatic heterocycles. The van der Waals surface area contributed by atoms with Crippen LogP contribution in [0, 0.1) is 6.92 Å². The molecule has 2 aromatic rings. The molecule has 18 heavy (non-hydrogen) atoms. The number of nitrogens with one attached hydrogen (secondary N) is 1. The van der Waals surface area contributed by atoms with Gasteiger partial charge in [0.1, 0.15) is 5.75 Å². The van der Waals surface area contributed by atoms with Crippen LogP contribution < -0.4 is 10.2 Å². The molecule has 3 heteroatoms. The summed E-state index contributed by atoms with van der Waals surface area (Å²) in [5.41, 5.74) is 6.22. The van der Waals surface area contributed by atoms with Gasteiger partial charge in [0.05, 0.1) is 19.0 Å². The number of anilines is 1. The lowest BCUT2D eigenvalue weighted by atomic mass is 10.2. The Hall–Kier alpha value is -2.29. The Bertz CT molecular complexity index is 532. The number of benzene rings is 2. The largest absolute Gasteiger partial charge is 0.497 e. The smallest absolute Gasteiger partial charge is 0.118 e. The Labute approximate surface area is 107 Å². The molecular weight excluding hydrogens is 224 g/mol. The monoisotopic (exact) mass is 240 g/mol. The van der Waals surface area contributed by atoms with Gasteiger partial charge < -0.3 is 4.74 Å². The third-order valence-electron chi connectivity index (χ3n) is 2.54. The van der Waals surface area contributed by atoms with Gasteiger partial charge in [0, 0.05) is 0 Å². The van der Waals surface area contributed by atoms with E-state index >= 15 is 0 Å². The quantitative estimate of drug-likeness (QED) is 0.656. The van der Waals surface area contributed by atoms with Crippen molar-refractivity contribution in [1.29, 1.82) is 0 Å². The number of hydrazone groups is 1. The molecule has 0 aliphatic rings. The molecule has 3 nitrogen and oxygen atoms in total. The standard InChI is InChI=1S/C15H16N2O/c1-12-4-3-5-14(10-12)17-16-11-13-6-8-15(18-2)9-7-13/h3-11,17H,1-2H3. The highest BCUT2D eigenvalue weighted by molar-refractivity contribution is 5.80.